The van der Waals surface area contributed by atoms with Gasteiger partial charge in [-0.15, -0.1) is 12.8 Å². The molecule has 0 saturated carbocycles. The van der Waals surface area contributed by atoms with Crippen molar-refractivity contribution in [2.24, 2.45) is 5.73 Å². The Morgan fingerprint density at radius 3 is 2.42 bits per heavy atom. The van der Waals surface area contributed by atoms with Gasteiger partial charge in [-0.2, -0.15) is 0 Å². The number of esters is 1. The lowest BCUT2D eigenvalue weighted by molar-refractivity contribution is -0.143. The van der Waals surface area contributed by atoms with Crippen LogP contribution in [0.1, 0.15) is 5.56 Å². The Balaban J connectivity index is 2.51. The zero-order valence-corrected chi connectivity index (χ0v) is 10.5. The Hall–Kier alpha value is -2.43. The molecule has 4 heteroatoms. The second-order valence-electron chi connectivity index (χ2n) is 3.76. The highest BCUT2D eigenvalue weighted by Crippen LogP contribution is 2.13. The van der Waals surface area contributed by atoms with Crippen molar-refractivity contribution < 1.29 is 14.3 Å². The van der Waals surface area contributed by atoms with E-state index < -0.39 is 12.0 Å². The zero-order valence-electron chi connectivity index (χ0n) is 10.5. The number of hydrogen-bond acceptors (Lipinski definition) is 4. The standard InChI is InChI=1S/C15H15NO3/c1-3-9-18-13-7-5-12(6-8-13)11-14(16)15(17)19-10-4-2/h1-2,5-8,14H,9-11,16H2/t14-/m0/s1. The number of carbonyl (C=O) groups is 1. The van der Waals surface area contributed by atoms with Crippen LogP contribution in [0.15, 0.2) is 24.3 Å². The maximum atomic E-state index is 11.4. The van der Waals surface area contributed by atoms with Crippen LogP contribution in [0, 0.1) is 24.7 Å². The Kier molecular flexibility index (Phi) is 6.02. The molecule has 0 amide bonds. The van der Waals surface area contributed by atoms with Gasteiger partial charge in [-0.05, 0) is 24.1 Å². The molecule has 1 aromatic carbocycles. The molecule has 0 aliphatic heterocycles. The molecule has 0 aliphatic carbocycles. The number of carbonyl (C=O) groups excluding carboxylic acids is 1. The van der Waals surface area contributed by atoms with Gasteiger partial charge in [0.25, 0.3) is 0 Å². The molecule has 98 valence electrons. The van der Waals surface area contributed by atoms with Crippen LogP contribution in [0.2, 0.25) is 0 Å². The van der Waals surface area contributed by atoms with Crippen LogP contribution in [-0.4, -0.2) is 25.2 Å². The molecule has 1 atom stereocenters. The maximum Gasteiger partial charge on any atom is 0.324 e. The second-order valence-corrected chi connectivity index (χ2v) is 3.76. The van der Waals surface area contributed by atoms with Crippen molar-refractivity contribution in [1.82, 2.24) is 0 Å². The average Bonchev–Trinajstić information content (AvgIpc) is 2.43. The van der Waals surface area contributed by atoms with E-state index in [-0.39, 0.29) is 13.2 Å². The summed E-state index contributed by atoms with van der Waals surface area (Å²) < 4.78 is 9.99. The molecule has 0 heterocycles. The zero-order chi connectivity index (χ0) is 14.1. The number of terminal acetylenes is 2. The first kappa shape index (κ1) is 14.6. The minimum atomic E-state index is -0.731. The van der Waals surface area contributed by atoms with Gasteiger partial charge >= 0.3 is 5.97 Å². The Labute approximate surface area is 112 Å². The topological polar surface area (TPSA) is 61.5 Å². The summed E-state index contributed by atoms with van der Waals surface area (Å²) in [4.78, 5) is 11.4. The Morgan fingerprint density at radius 1 is 1.21 bits per heavy atom. The van der Waals surface area contributed by atoms with Crippen LogP contribution in [0.5, 0.6) is 5.75 Å². The molecule has 0 spiro atoms. The number of rotatable bonds is 6. The lowest BCUT2D eigenvalue weighted by Crippen LogP contribution is -2.34. The number of ether oxygens (including phenoxy) is 2. The van der Waals surface area contributed by atoms with Crippen molar-refractivity contribution in [1.29, 1.82) is 0 Å². The highest BCUT2D eigenvalue weighted by Gasteiger charge is 2.15. The van der Waals surface area contributed by atoms with E-state index in [0.29, 0.717) is 12.2 Å². The first-order valence-corrected chi connectivity index (χ1v) is 5.68. The molecule has 0 fully saturated rings. The molecule has 0 radical (unpaired) electrons. The summed E-state index contributed by atoms with van der Waals surface area (Å²) in [5, 5.41) is 0. The normalized spacial score (nSPS) is 10.9. The third-order valence-corrected chi connectivity index (χ3v) is 2.30. The monoisotopic (exact) mass is 257 g/mol. The van der Waals surface area contributed by atoms with E-state index in [9.17, 15) is 4.79 Å². The van der Waals surface area contributed by atoms with Crippen molar-refractivity contribution in [3.63, 3.8) is 0 Å². The fourth-order valence-electron chi connectivity index (χ4n) is 1.40. The van der Waals surface area contributed by atoms with Crippen LogP contribution in [0.25, 0.3) is 0 Å². The van der Waals surface area contributed by atoms with Gasteiger partial charge < -0.3 is 15.2 Å². The van der Waals surface area contributed by atoms with E-state index in [4.69, 9.17) is 28.1 Å². The molecular formula is C15H15NO3. The van der Waals surface area contributed by atoms with E-state index in [1.165, 1.54) is 0 Å². The van der Waals surface area contributed by atoms with E-state index in [0.717, 1.165) is 5.56 Å². The molecule has 2 N–H and O–H groups in total. The largest absolute Gasteiger partial charge is 0.481 e. The highest BCUT2D eigenvalue weighted by molar-refractivity contribution is 5.76. The van der Waals surface area contributed by atoms with Gasteiger partial charge in [-0.3, -0.25) is 4.79 Å². The Morgan fingerprint density at radius 2 is 1.84 bits per heavy atom. The molecular weight excluding hydrogens is 242 g/mol. The third-order valence-electron chi connectivity index (χ3n) is 2.30. The maximum absolute atomic E-state index is 11.4. The summed E-state index contributed by atoms with van der Waals surface area (Å²) in [7, 11) is 0. The summed E-state index contributed by atoms with van der Waals surface area (Å²) in [6.45, 7) is 0.155. The molecule has 1 rings (SSSR count). The van der Waals surface area contributed by atoms with Gasteiger partial charge in [0, 0.05) is 0 Å². The molecule has 19 heavy (non-hydrogen) atoms. The predicted molar refractivity (Wildman–Crippen MR) is 72.2 cm³/mol. The highest BCUT2D eigenvalue weighted by atomic mass is 16.5. The average molecular weight is 257 g/mol. The van der Waals surface area contributed by atoms with E-state index in [1.54, 1.807) is 12.1 Å². The number of benzene rings is 1. The predicted octanol–water partition coefficient (Wildman–Crippen LogP) is 0.745. The summed E-state index contributed by atoms with van der Waals surface area (Å²) in [6, 6.07) is 6.45. The minimum absolute atomic E-state index is 0.0641. The smallest absolute Gasteiger partial charge is 0.324 e. The molecule has 1 aromatic rings. The van der Waals surface area contributed by atoms with Crippen LogP contribution in [0.3, 0.4) is 0 Å². The lowest BCUT2D eigenvalue weighted by atomic mass is 10.1. The first-order chi connectivity index (χ1) is 9.17. The SMILES string of the molecule is C#CCOC(=O)[C@@H](N)Cc1ccc(OCC#C)cc1. The van der Waals surface area contributed by atoms with Crippen molar-refractivity contribution in [3.05, 3.63) is 29.8 Å². The Bertz CT molecular complexity index is 494. The van der Waals surface area contributed by atoms with Crippen molar-refractivity contribution in [3.8, 4) is 30.4 Å². The van der Waals surface area contributed by atoms with Gasteiger partial charge in [-0.1, -0.05) is 24.0 Å². The molecule has 0 unspecified atom stereocenters. The number of nitrogens with two attached hydrogens (primary N) is 1. The summed E-state index contributed by atoms with van der Waals surface area (Å²) in [5.74, 6) is 4.75. The lowest BCUT2D eigenvalue weighted by Gasteiger charge is -2.10. The third kappa shape index (κ3) is 5.16. The summed E-state index contributed by atoms with van der Waals surface area (Å²) in [5.41, 5.74) is 6.61. The van der Waals surface area contributed by atoms with E-state index in [2.05, 4.69) is 11.8 Å². The van der Waals surface area contributed by atoms with Gasteiger partial charge in [0.15, 0.2) is 6.61 Å². The van der Waals surface area contributed by atoms with Crippen LogP contribution < -0.4 is 10.5 Å². The van der Waals surface area contributed by atoms with Crippen LogP contribution >= 0.6 is 0 Å². The molecule has 0 aliphatic rings. The van der Waals surface area contributed by atoms with Crippen molar-refractivity contribution in [2.75, 3.05) is 13.2 Å². The van der Waals surface area contributed by atoms with E-state index >= 15 is 0 Å². The fourth-order valence-corrected chi connectivity index (χ4v) is 1.40. The van der Waals surface area contributed by atoms with Crippen LogP contribution in [-0.2, 0) is 16.0 Å². The van der Waals surface area contributed by atoms with Gasteiger partial charge in [0.2, 0.25) is 0 Å². The van der Waals surface area contributed by atoms with Crippen molar-refractivity contribution >= 4 is 5.97 Å². The second kappa shape index (κ2) is 7.81. The number of hydrogen-bond donors (Lipinski definition) is 1. The quantitative estimate of drug-likeness (QED) is 0.603. The molecule has 4 nitrogen and oxygen atoms in total. The fraction of sp³-hybridized carbons (Fsp3) is 0.267. The van der Waals surface area contributed by atoms with Crippen molar-refractivity contribution in [2.45, 2.75) is 12.5 Å². The summed E-state index contributed by atoms with van der Waals surface area (Å²) >= 11 is 0. The van der Waals surface area contributed by atoms with Gasteiger partial charge in [0.1, 0.15) is 18.4 Å². The molecule has 0 aromatic heterocycles. The van der Waals surface area contributed by atoms with Crippen LogP contribution in [0.4, 0.5) is 0 Å². The summed E-state index contributed by atoms with van der Waals surface area (Å²) in [6.07, 6.45) is 10.5. The van der Waals surface area contributed by atoms with Gasteiger partial charge in [0.05, 0.1) is 0 Å². The molecule has 0 bridgehead atoms. The molecule has 0 saturated heterocycles. The minimum Gasteiger partial charge on any atom is -0.481 e. The van der Waals surface area contributed by atoms with E-state index in [1.807, 2.05) is 12.1 Å². The van der Waals surface area contributed by atoms with Gasteiger partial charge in [-0.25, -0.2) is 0 Å². The first-order valence-electron chi connectivity index (χ1n) is 5.68.